The summed E-state index contributed by atoms with van der Waals surface area (Å²) in [6.07, 6.45) is 0. The molecule has 6 rings (SSSR count). The van der Waals surface area contributed by atoms with Crippen molar-refractivity contribution < 1.29 is 9.47 Å². The van der Waals surface area contributed by atoms with Crippen molar-refractivity contribution in [1.82, 2.24) is 9.55 Å². The smallest absolute Gasteiger partial charge is 0.266 e. The topological polar surface area (TPSA) is 56.6 Å². The van der Waals surface area contributed by atoms with Crippen molar-refractivity contribution in [1.29, 1.82) is 0 Å². The van der Waals surface area contributed by atoms with Crippen LogP contribution in [0, 0.1) is 0 Å². The zero-order valence-corrected chi connectivity index (χ0v) is 21.8. The fourth-order valence-corrected chi connectivity index (χ4v) is 5.94. The van der Waals surface area contributed by atoms with Crippen LogP contribution in [0.2, 0.25) is 5.02 Å². The summed E-state index contributed by atoms with van der Waals surface area (Å²) in [5.41, 5.74) is 3.44. The first-order chi connectivity index (χ1) is 18.1. The molecule has 37 heavy (non-hydrogen) atoms. The monoisotopic (exact) mass is 529 g/mol. The molecule has 1 aliphatic heterocycles. The van der Waals surface area contributed by atoms with Gasteiger partial charge in [-0.3, -0.25) is 9.36 Å². The Balaban J connectivity index is 1.59. The molecule has 1 fully saturated rings. The van der Waals surface area contributed by atoms with E-state index in [1.54, 1.807) is 23.0 Å². The Morgan fingerprint density at radius 1 is 0.973 bits per heavy atom. The molecule has 1 saturated heterocycles. The second-order valence-electron chi connectivity index (χ2n) is 8.73. The van der Waals surface area contributed by atoms with Crippen molar-refractivity contribution in [2.24, 2.45) is 0 Å². The number of aromatic nitrogens is 2. The molecule has 2 aromatic heterocycles. The first-order valence-electron chi connectivity index (χ1n) is 12.0. The third-order valence-electron chi connectivity index (χ3n) is 6.49. The van der Waals surface area contributed by atoms with Crippen LogP contribution in [0.4, 0.5) is 5.00 Å². The molecule has 0 atom stereocenters. The van der Waals surface area contributed by atoms with E-state index >= 15 is 0 Å². The fraction of sp³-hybridized carbons (Fsp3) is 0.172. The minimum absolute atomic E-state index is 0.111. The lowest BCUT2D eigenvalue weighted by atomic mass is 10.1. The molecule has 8 heteroatoms. The summed E-state index contributed by atoms with van der Waals surface area (Å²) < 4.78 is 12.6. The van der Waals surface area contributed by atoms with Crippen LogP contribution in [0.5, 0.6) is 5.75 Å². The van der Waals surface area contributed by atoms with Gasteiger partial charge >= 0.3 is 0 Å². The van der Waals surface area contributed by atoms with E-state index in [0.717, 1.165) is 45.5 Å². The molecule has 0 radical (unpaired) electrons. The van der Waals surface area contributed by atoms with Gasteiger partial charge in [0.15, 0.2) is 5.82 Å². The summed E-state index contributed by atoms with van der Waals surface area (Å²) in [5.74, 6) is 1.33. The minimum Gasteiger partial charge on any atom is -0.497 e. The quantitative estimate of drug-likeness (QED) is 0.268. The number of benzene rings is 3. The Hall–Kier alpha value is -3.65. The van der Waals surface area contributed by atoms with Crippen LogP contribution in [0.3, 0.4) is 0 Å². The molecular weight excluding hydrogens is 506 g/mol. The highest BCUT2D eigenvalue weighted by Crippen LogP contribution is 2.43. The maximum Gasteiger partial charge on any atom is 0.266 e. The Morgan fingerprint density at radius 2 is 1.70 bits per heavy atom. The standard InChI is InChI=1S/C29H24ClN3O3S/c1-35-22-12-10-21(11-13-22)33-27(31-25-5-3-2-4-23(25)28(33)34)26-18-24(19-6-8-20(30)9-7-19)29(37-26)32-14-16-36-17-15-32/h2-13,18H,14-17H2,1H3. The van der Waals surface area contributed by atoms with Crippen LogP contribution in [-0.2, 0) is 4.74 Å². The van der Waals surface area contributed by atoms with Crippen molar-refractivity contribution in [3.05, 3.63) is 94.2 Å². The third kappa shape index (κ3) is 4.50. The Bertz CT molecular complexity index is 1620. The van der Waals surface area contributed by atoms with Gasteiger partial charge in [-0.1, -0.05) is 35.9 Å². The molecule has 3 heterocycles. The largest absolute Gasteiger partial charge is 0.497 e. The van der Waals surface area contributed by atoms with E-state index in [0.29, 0.717) is 35.0 Å². The molecule has 0 aliphatic carbocycles. The number of hydrogen-bond donors (Lipinski definition) is 0. The summed E-state index contributed by atoms with van der Waals surface area (Å²) in [6.45, 7) is 2.96. The third-order valence-corrected chi connectivity index (χ3v) is 7.94. The second-order valence-corrected chi connectivity index (χ2v) is 10.2. The normalized spacial score (nSPS) is 13.7. The maximum atomic E-state index is 13.8. The highest BCUT2D eigenvalue weighted by molar-refractivity contribution is 7.20. The summed E-state index contributed by atoms with van der Waals surface area (Å²) >= 11 is 7.83. The number of para-hydroxylation sites is 1. The van der Waals surface area contributed by atoms with Gasteiger partial charge in [-0.05, 0) is 60.2 Å². The molecule has 0 amide bonds. The Labute approximate surface area is 223 Å². The molecule has 0 spiro atoms. The van der Waals surface area contributed by atoms with E-state index in [-0.39, 0.29) is 5.56 Å². The van der Waals surface area contributed by atoms with Crippen LogP contribution in [0.25, 0.3) is 38.4 Å². The zero-order chi connectivity index (χ0) is 25.4. The molecule has 3 aromatic carbocycles. The number of methoxy groups -OCH3 is 1. The summed E-state index contributed by atoms with van der Waals surface area (Å²) in [4.78, 5) is 22.1. The fourth-order valence-electron chi connectivity index (χ4n) is 4.60. The number of rotatable bonds is 5. The van der Waals surface area contributed by atoms with Crippen LogP contribution < -0.4 is 15.2 Å². The number of thiophene rings is 1. The highest BCUT2D eigenvalue weighted by Gasteiger charge is 2.23. The molecule has 5 aromatic rings. The lowest BCUT2D eigenvalue weighted by Crippen LogP contribution is -2.35. The van der Waals surface area contributed by atoms with Crippen LogP contribution >= 0.6 is 22.9 Å². The molecule has 0 bridgehead atoms. The molecule has 0 unspecified atom stereocenters. The molecule has 0 N–H and O–H groups in total. The van der Waals surface area contributed by atoms with Crippen LogP contribution in [0.1, 0.15) is 0 Å². The van der Waals surface area contributed by atoms with Gasteiger partial charge in [0.05, 0.1) is 46.8 Å². The number of hydrogen-bond acceptors (Lipinski definition) is 6. The number of fused-ring (bicyclic) bond motifs is 1. The van der Waals surface area contributed by atoms with Crippen LogP contribution in [-0.4, -0.2) is 43.0 Å². The summed E-state index contributed by atoms with van der Waals surface area (Å²) in [5, 5.41) is 2.39. The molecular formula is C29H24ClN3O3S. The van der Waals surface area contributed by atoms with Gasteiger partial charge in [0.25, 0.3) is 5.56 Å². The number of morpholine rings is 1. The molecule has 186 valence electrons. The predicted octanol–water partition coefficient (Wildman–Crippen LogP) is 6.28. The lowest BCUT2D eigenvalue weighted by Gasteiger charge is -2.28. The van der Waals surface area contributed by atoms with Gasteiger partial charge in [0.2, 0.25) is 0 Å². The van der Waals surface area contributed by atoms with Crippen molar-refractivity contribution >= 4 is 38.8 Å². The van der Waals surface area contributed by atoms with Crippen molar-refractivity contribution in [3.8, 4) is 33.3 Å². The zero-order valence-electron chi connectivity index (χ0n) is 20.2. The average molecular weight is 530 g/mol. The summed E-state index contributed by atoms with van der Waals surface area (Å²) in [7, 11) is 1.63. The lowest BCUT2D eigenvalue weighted by molar-refractivity contribution is 0.123. The van der Waals surface area contributed by atoms with E-state index in [1.165, 1.54) is 0 Å². The van der Waals surface area contributed by atoms with Gasteiger partial charge < -0.3 is 14.4 Å². The van der Waals surface area contributed by atoms with E-state index in [1.807, 2.05) is 72.8 Å². The number of nitrogens with zero attached hydrogens (tertiary/aromatic N) is 3. The predicted molar refractivity (Wildman–Crippen MR) is 151 cm³/mol. The van der Waals surface area contributed by atoms with Gasteiger partial charge in [0, 0.05) is 23.7 Å². The average Bonchev–Trinajstić information content (AvgIpc) is 3.39. The summed E-state index contributed by atoms with van der Waals surface area (Å²) in [6, 6.07) is 25.0. The van der Waals surface area contributed by atoms with Gasteiger partial charge in [0.1, 0.15) is 5.75 Å². The molecule has 1 aliphatic rings. The second kappa shape index (κ2) is 10.0. The maximum absolute atomic E-state index is 13.8. The van der Waals surface area contributed by atoms with Gasteiger partial charge in [-0.15, -0.1) is 11.3 Å². The van der Waals surface area contributed by atoms with Gasteiger partial charge in [-0.25, -0.2) is 4.98 Å². The molecule has 0 saturated carbocycles. The Kier molecular flexibility index (Phi) is 6.42. The highest BCUT2D eigenvalue weighted by atomic mass is 35.5. The van der Waals surface area contributed by atoms with E-state index in [2.05, 4.69) is 11.0 Å². The van der Waals surface area contributed by atoms with E-state index < -0.39 is 0 Å². The van der Waals surface area contributed by atoms with Crippen molar-refractivity contribution in [2.75, 3.05) is 38.3 Å². The van der Waals surface area contributed by atoms with E-state index in [9.17, 15) is 4.79 Å². The number of halogens is 1. The minimum atomic E-state index is -0.111. The van der Waals surface area contributed by atoms with Crippen molar-refractivity contribution in [3.63, 3.8) is 0 Å². The Morgan fingerprint density at radius 3 is 2.43 bits per heavy atom. The number of anilines is 1. The number of ether oxygens (including phenoxy) is 2. The van der Waals surface area contributed by atoms with Gasteiger partial charge in [-0.2, -0.15) is 0 Å². The van der Waals surface area contributed by atoms with Crippen molar-refractivity contribution in [2.45, 2.75) is 0 Å². The first kappa shape index (κ1) is 23.7. The SMILES string of the molecule is COc1ccc(-n2c(-c3cc(-c4ccc(Cl)cc4)c(N4CCOCC4)s3)nc3ccccc3c2=O)cc1. The van der Waals surface area contributed by atoms with Crippen LogP contribution in [0.15, 0.2) is 83.7 Å². The first-order valence-corrected chi connectivity index (χ1v) is 13.2. The molecule has 6 nitrogen and oxygen atoms in total. The van der Waals surface area contributed by atoms with E-state index in [4.69, 9.17) is 26.1 Å².